The second kappa shape index (κ2) is 4.17. The van der Waals surface area contributed by atoms with Gasteiger partial charge in [0, 0.05) is 27.3 Å². The lowest BCUT2D eigenvalue weighted by Crippen LogP contribution is -2.24. The van der Waals surface area contributed by atoms with Crippen molar-refractivity contribution in [3.8, 4) is 11.5 Å². The van der Waals surface area contributed by atoms with Crippen molar-refractivity contribution in [1.29, 1.82) is 0 Å². The van der Waals surface area contributed by atoms with Gasteiger partial charge in [-0.1, -0.05) is 56.3 Å². The average molecular weight is 300 g/mol. The monoisotopic (exact) mass is 300 g/mol. The van der Waals surface area contributed by atoms with Crippen molar-refractivity contribution in [1.82, 2.24) is 0 Å². The van der Waals surface area contributed by atoms with Crippen LogP contribution in [0.1, 0.15) is 25.0 Å². The van der Waals surface area contributed by atoms with Gasteiger partial charge in [-0.25, -0.2) is 0 Å². The maximum absolute atomic E-state index is 6.26. The Bertz CT molecular complexity index is 1070. The Kier molecular flexibility index (Phi) is 2.31. The van der Waals surface area contributed by atoms with E-state index in [1.54, 1.807) is 0 Å². The molecule has 0 saturated heterocycles. The first-order valence-electron chi connectivity index (χ1n) is 7.88. The third-order valence-electron chi connectivity index (χ3n) is 4.95. The van der Waals surface area contributed by atoms with Crippen LogP contribution >= 0.6 is 0 Å². The molecule has 3 aromatic carbocycles. The van der Waals surface area contributed by atoms with Crippen LogP contribution < -0.4 is 4.74 Å². The molecule has 0 radical (unpaired) electrons. The Balaban J connectivity index is 1.89. The summed E-state index contributed by atoms with van der Waals surface area (Å²) in [7, 11) is 0. The summed E-state index contributed by atoms with van der Waals surface area (Å²) in [5.74, 6) is 1.76. The van der Waals surface area contributed by atoms with Crippen LogP contribution in [0.25, 0.3) is 21.9 Å². The first-order chi connectivity index (χ1) is 11.2. The number of furan rings is 1. The molecule has 0 spiro atoms. The molecule has 0 saturated carbocycles. The standard InChI is InChI=1S/C21H16O2/c1-21(2)15-8-4-6-10-18(15)23-20-16(21)12-11-14-13-7-3-5-9-17(13)22-19(14)20/h3-12H,1-2H3. The van der Waals surface area contributed by atoms with E-state index in [4.69, 9.17) is 9.15 Å². The average Bonchev–Trinajstić information content (AvgIpc) is 2.94. The highest BCUT2D eigenvalue weighted by Crippen LogP contribution is 2.51. The fourth-order valence-corrected chi connectivity index (χ4v) is 3.68. The van der Waals surface area contributed by atoms with E-state index in [9.17, 15) is 0 Å². The first-order valence-corrected chi connectivity index (χ1v) is 7.88. The molecule has 0 unspecified atom stereocenters. The molecule has 112 valence electrons. The van der Waals surface area contributed by atoms with Crippen molar-refractivity contribution in [2.24, 2.45) is 0 Å². The lowest BCUT2D eigenvalue weighted by Gasteiger charge is -2.34. The van der Waals surface area contributed by atoms with Crippen molar-refractivity contribution in [2.45, 2.75) is 19.3 Å². The fourth-order valence-electron chi connectivity index (χ4n) is 3.68. The van der Waals surface area contributed by atoms with Gasteiger partial charge in [-0.15, -0.1) is 0 Å². The Morgan fingerprint density at radius 3 is 2.43 bits per heavy atom. The van der Waals surface area contributed by atoms with Gasteiger partial charge in [0.05, 0.1) is 0 Å². The normalized spacial score (nSPS) is 15.2. The summed E-state index contributed by atoms with van der Waals surface area (Å²) in [4.78, 5) is 0. The van der Waals surface area contributed by atoms with E-state index >= 15 is 0 Å². The maximum Gasteiger partial charge on any atom is 0.178 e. The SMILES string of the molecule is CC1(C)c2ccccc2Oc2c1ccc1c2oc2ccccc21. The molecule has 2 nitrogen and oxygen atoms in total. The molecular weight excluding hydrogens is 284 g/mol. The molecule has 0 fully saturated rings. The Morgan fingerprint density at radius 2 is 1.52 bits per heavy atom. The number of para-hydroxylation sites is 2. The van der Waals surface area contributed by atoms with Crippen molar-refractivity contribution >= 4 is 21.9 Å². The van der Waals surface area contributed by atoms with Crippen molar-refractivity contribution < 1.29 is 9.15 Å². The van der Waals surface area contributed by atoms with Gasteiger partial charge in [0.15, 0.2) is 11.3 Å². The quantitative estimate of drug-likeness (QED) is 0.396. The summed E-state index contributed by atoms with van der Waals surface area (Å²) in [5.41, 5.74) is 4.00. The summed E-state index contributed by atoms with van der Waals surface area (Å²) in [5, 5.41) is 2.24. The lowest BCUT2D eigenvalue weighted by molar-refractivity contribution is 0.415. The molecule has 1 aromatic heterocycles. The minimum atomic E-state index is -0.114. The number of benzene rings is 3. The van der Waals surface area contributed by atoms with Gasteiger partial charge in [-0.3, -0.25) is 0 Å². The molecule has 2 heterocycles. The molecule has 0 bridgehead atoms. The molecule has 0 amide bonds. The van der Waals surface area contributed by atoms with Crippen LogP contribution in [0.5, 0.6) is 11.5 Å². The van der Waals surface area contributed by atoms with Gasteiger partial charge in [-0.2, -0.15) is 0 Å². The molecule has 1 aliphatic rings. The summed E-state index contributed by atoms with van der Waals surface area (Å²) in [6, 6.07) is 20.7. The zero-order valence-electron chi connectivity index (χ0n) is 13.1. The second-order valence-corrected chi connectivity index (χ2v) is 6.64. The molecule has 1 aliphatic heterocycles. The van der Waals surface area contributed by atoms with Crippen molar-refractivity contribution in [3.63, 3.8) is 0 Å². The number of hydrogen-bond acceptors (Lipinski definition) is 2. The van der Waals surface area contributed by atoms with E-state index < -0.39 is 0 Å². The van der Waals surface area contributed by atoms with Crippen LogP contribution in [-0.2, 0) is 5.41 Å². The summed E-state index contributed by atoms with van der Waals surface area (Å²) in [6.45, 7) is 4.48. The highest BCUT2D eigenvalue weighted by Gasteiger charge is 2.35. The van der Waals surface area contributed by atoms with E-state index in [0.29, 0.717) is 0 Å². The van der Waals surface area contributed by atoms with Crippen molar-refractivity contribution in [2.75, 3.05) is 0 Å². The molecule has 0 atom stereocenters. The number of rotatable bonds is 0. The predicted octanol–water partition coefficient (Wildman–Crippen LogP) is 6.02. The van der Waals surface area contributed by atoms with Gasteiger partial charge in [0.1, 0.15) is 11.3 Å². The third-order valence-corrected chi connectivity index (χ3v) is 4.95. The lowest BCUT2D eigenvalue weighted by atomic mass is 9.75. The van der Waals surface area contributed by atoms with E-state index in [2.05, 4.69) is 44.2 Å². The topological polar surface area (TPSA) is 22.4 Å². The molecule has 2 heteroatoms. The zero-order chi connectivity index (χ0) is 15.6. The second-order valence-electron chi connectivity index (χ2n) is 6.64. The van der Waals surface area contributed by atoms with Crippen LogP contribution in [0.15, 0.2) is 65.1 Å². The molecule has 5 rings (SSSR count). The summed E-state index contributed by atoms with van der Waals surface area (Å²) >= 11 is 0. The highest BCUT2D eigenvalue weighted by molar-refractivity contribution is 6.07. The number of fused-ring (bicyclic) bond motifs is 6. The molecule has 23 heavy (non-hydrogen) atoms. The van der Waals surface area contributed by atoms with Gasteiger partial charge in [0.2, 0.25) is 0 Å². The summed E-state index contributed by atoms with van der Waals surface area (Å²) < 4.78 is 12.4. The van der Waals surface area contributed by atoms with Gasteiger partial charge in [0.25, 0.3) is 0 Å². The Morgan fingerprint density at radius 1 is 0.739 bits per heavy atom. The van der Waals surface area contributed by atoms with Crippen LogP contribution in [0.2, 0.25) is 0 Å². The van der Waals surface area contributed by atoms with Crippen LogP contribution in [0.4, 0.5) is 0 Å². The van der Waals surface area contributed by atoms with E-state index in [1.807, 2.05) is 30.3 Å². The molecule has 0 aliphatic carbocycles. The van der Waals surface area contributed by atoms with E-state index in [-0.39, 0.29) is 5.41 Å². The molecule has 0 N–H and O–H groups in total. The summed E-state index contributed by atoms with van der Waals surface area (Å²) in [6.07, 6.45) is 0. The molecule has 4 aromatic rings. The first kappa shape index (κ1) is 12.8. The third kappa shape index (κ3) is 1.58. The minimum Gasteiger partial charge on any atom is -0.453 e. The fraction of sp³-hybridized carbons (Fsp3) is 0.143. The van der Waals surface area contributed by atoms with E-state index in [1.165, 1.54) is 11.1 Å². The molecular formula is C21H16O2. The largest absolute Gasteiger partial charge is 0.453 e. The van der Waals surface area contributed by atoms with Crippen LogP contribution in [0, 0.1) is 0 Å². The number of hydrogen-bond donors (Lipinski definition) is 0. The maximum atomic E-state index is 6.26. The van der Waals surface area contributed by atoms with Crippen LogP contribution in [-0.4, -0.2) is 0 Å². The predicted molar refractivity (Wildman–Crippen MR) is 92.4 cm³/mol. The zero-order valence-corrected chi connectivity index (χ0v) is 13.1. The van der Waals surface area contributed by atoms with Crippen LogP contribution in [0.3, 0.4) is 0 Å². The highest BCUT2D eigenvalue weighted by atomic mass is 16.5. The van der Waals surface area contributed by atoms with Gasteiger partial charge < -0.3 is 9.15 Å². The Labute approximate surface area is 134 Å². The number of ether oxygens (including phenoxy) is 1. The Hall–Kier alpha value is -2.74. The minimum absolute atomic E-state index is 0.114. The van der Waals surface area contributed by atoms with Crippen molar-refractivity contribution in [3.05, 3.63) is 71.8 Å². The van der Waals surface area contributed by atoms with Gasteiger partial charge >= 0.3 is 0 Å². The van der Waals surface area contributed by atoms with E-state index in [0.717, 1.165) is 33.4 Å². The smallest absolute Gasteiger partial charge is 0.178 e. The van der Waals surface area contributed by atoms with Gasteiger partial charge in [-0.05, 0) is 18.2 Å².